The first-order valence-electron chi connectivity index (χ1n) is 8.83. The molecule has 0 radical (unpaired) electrons. The Labute approximate surface area is 166 Å². The van der Waals surface area contributed by atoms with E-state index in [0.29, 0.717) is 0 Å². The number of aromatic amines is 1. The van der Waals surface area contributed by atoms with Crippen molar-refractivity contribution in [1.29, 1.82) is 0 Å². The number of carbonyl (C=O) groups excluding carboxylic acids is 1. The predicted molar refractivity (Wildman–Crippen MR) is 98.2 cm³/mol. The minimum Gasteiger partial charge on any atom is -0.462 e. The van der Waals surface area contributed by atoms with Crippen molar-refractivity contribution in [2.75, 3.05) is 6.61 Å². The maximum atomic E-state index is 15.1. The lowest BCUT2D eigenvalue weighted by Gasteiger charge is -2.24. The summed E-state index contributed by atoms with van der Waals surface area (Å²) in [6.45, 7) is 5.29. The summed E-state index contributed by atoms with van der Waals surface area (Å²) in [5.74, 6) is -0.677. The summed E-state index contributed by atoms with van der Waals surface area (Å²) in [5.41, 5.74) is -3.98. The number of aliphatic hydroxyl groups is 1. The number of hydrogen-bond acceptors (Lipinski definition) is 8. The molecule has 2 rings (SSSR count). The molecule has 13 heteroatoms. The van der Waals surface area contributed by atoms with Crippen LogP contribution < -0.4 is 11.2 Å². The van der Waals surface area contributed by atoms with Crippen LogP contribution >= 0.6 is 8.61 Å². The second-order valence-corrected chi connectivity index (χ2v) is 7.64. The molecule has 0 bridgehead atoms. The van der Waals surface area contributed by atoms with E-state index in [2.05, 4.69) is 0 Å². The van der Waals surface area contributed by atoms with Gasteiger partial charge in [-0.05, 0) is 27.7 Å². The zero-order valence-corrected chi connectivity index (χ0v) is 17.3. The summed E-state index contributed by atoms with van der Waals surface area (Å²) < 4.78 is 37.8. The van der Waals surface area contributed by atoms with Gasteiger partial charge in [-0.3, -0.25) is 24.0 Å². The highest BCUT2D eigenvalue weighted by Gasteiger charge is 2.55. The van der Waals surface area contributed by atoms with Gasteiger partial charge in [0.2, 0.25) is 0 Å². The van der Waals surface area contributed by atoms with Gasteiger partial charge in [0.1, 0.15) is 18.8 Å². The van der Waals surface area contributed by atoms with Crippen molar-refractivity contribution in [2.45, 2.75) is 63.9 Å². The average molecular weight is 436 g/mol. The molecule has 1 aliphatic rings. The van der Waals surface area contributed by atoms with E-state index in [4.69, 9.17) is 14.3 Å². The minimum absolute atomic E-state index is 0.384. The van der Waals surface area contributed by atoms with Gasteiger partial charge in [0.15, 0.2) is 17.9 Å². The van der Waals surface area contributed by atoms with Gasteiger partial charge in [-0.25, -0.2) is 9.18 Å². The zero-order chi connectivity index (χ0) is 21.9. The number of H-pyrrole nitrogens is 1. The first kappa shape index (κ1) is 23.3. The number of ether oxygens (including phenoxy) is 2. The van der Waals surface area contributed by atoms with E-state index in [1.165, 1.54) is 6.92 Å². The Kier molecular flexibility index (Phi) is 7.41. The van der Waals surface area contributed by atoms with E-state index in [1.807, 2.05) is 4.98 Å². The van der Waals surface area contributed by atoms with Crippen molar-refractivity contribution in [3.8, 4) is 0 Å². The summed E-state index contributed by atoms with van der Waals surface area (Å²) in [4.78, 5) is 43.1. The van der Waals surface area contributed by atoms with Crippen LogP contribution in [0.25, 0.3) is 0 Å². The van der Waals surface area contributed by atoms with Crippen molar-refractivity contribution in [3.63, 3.8) is 0 Å². The molecular formula is C16H24FN3O8P+. The molecule has 29 heavy (non-hydrogen) atoms. The minimum atomic E-state index is -2.40. The quantitative estimate of drug-likeness (QED) is 0.328. The van der Waals surface area contributed by atoms with E-state index in [-0.39, 0.29) is 6.10 Å². The van der Waals surface area contributed by atoms with Crippen molar-refractivity contribution in [2.24, 2.45) is 0 Å². The highest BCUT2D eigenvalue weighted by Crippen LogP contribution is 2.40. The molecule has 1 saturated heterocycles. The highest BCUT2D eigenvalue weighted by atomic mass is 31.1. The maximum absolute atomic E-state index is 15.1. The third kappa shape index (κ3) is 5.14. The van der Waals surface area contributed by atoms with Gasteiger partial charge < -0.3 is 14.6 Å². The monoisotopic (exact) mass is 436 g/mol. The van der Waals surface area contributed by atoms with Crippen LogP contribution in [0, 0.1) is 0 Å². The molecule has 0 aromatic carbocycles. The Morgan fingerprint density at radius 3 is 2.69 bits per heavy atom. The smallest absolute Gasteiger partial charge is 0.447 e. The zero-order valence-electron chi connectivity index (χ0n) is 16.3. The first-order chi connectivity index (χ1) is 13.5. The van der Waals surface area contributed by atoms with Crippen molar-refractivity contribution < 1.29 is 33.2 Å². The molecular weight excluding hydrogens is 412 g/mol. The van der Waals surface area contributed by atoms with Crippen LogP contribution in [-0.2, 0) is 23.7 Å². The summed E-state index contributed by atoms with van der Waals surface area (Å²) >= 11 is 0. The maximum Gasteiger partial charge on any atom is 0.447 e. The number of hydroxylamine groups is 1. The Hall–Kier alpha value is -1.98. The number of nitrogens with one attached hydrogen (secondary N) is 1. The SMILES string of the molecule is CC(C)OC(=O)C(C)N(OC[C@H]1O[C@@H](n2ccc(=O)[nH]c2=O)[C@](C)(F)[C@@H]1O)[PH+]=O. The number of aromatic nitrogens is 2. The molecule has 1 fully saturated rings. The first-order valence-corrected chi connectivity index (χ1v) is 9.69. The molecule has 2 unspecified atom stereocenters. The molecule has 0 spiro atoms. The predicted octanol–water partition coefficient (Wildman–Crippen LogP) is 0.0358. The van der Waals surface area contributed by atoms with Gasteiger partial charge in [0, 0.05) is 17.1 Å². The van der Waals surface area contributed by atoms with Crippen LogP contribution in [0.2, 0.25) is 0 Å². The lowest BCUT2D eigenvalue weighted by molar-refractivity contribution is -0.180. The van der Waals surface area contributed by atoms with E-state index >= 15 is 4.39 Å². The number of rotatable bonds is 8. The Balaban J connectivity index is 2.11. The Morgan fingerprint density at radius 2 is 2.14 bits per heavy atom. The summed E-state index contributed by atoms with van der Waals surface area (Å²) in [6, 6.07) is -0.0135. The second-order valence-electron chi connectivity index (χ2n) is 7.01. The van der Waals surface area contributed by atoms with E-state index in [0.717, 1.165) is 28.6 Å². The van der Waals surface area contributed by atoms with Gasteiger partial charge in [-0.15, -0.1) is 0 Å². The second kappa shape index (κ2) is 9.23. The van der Waals surface area contributed by atoms with Crippen LogP contribution in [0.1, 0.15) is 33.9 Å². The number of aliphatic hydroxyl groups excluding tert-OH is 1. The molecule has 2 N–H and O–H groups in total. The third-order valence-corrected chi connectivity index (χ3v) is 5.03. The van der Waals surface area contributed by atoms with Crippen LogP contribution in [0.15, 0.2) is 21.9 Å². The molecule has 0 saturated carbocycles. The van der Waals surface area contributed by atoms with Crippen molar-refractivity contribution in [3.05, 3.63) is 33.1 Å². The third-order valence-electron chi connectivity index (χ3n) is 4.33. The molecule has 1 aliphatic heterocycles. The number of carbonyl (C=O) groups is 1. The van der Waals surface area contributed by atoms with E-state index in [1.54, 1.807) is 13.8 Å². The molecule has 1 aromatic rings. The highest BCUT2D eigenvalue weighted by molar-refractivity contribution is 7.20. The fourth-order valence-electron chi connectivity index (χ4n) is 2.76. The lowest BCUT2D eigenvalue weighted by Crippen LogP contribution is -2.44. The van der Waals surface area contributed by atoms with Gasteiger partial charge in [-0.1, -0.05) is 4.57 Å². The van der Waals surface area contributed by atoms with Crippen LogP contribution in [0.3, 0.4) is 0 Å². The number of esters is 1. The largest absolute Gasteiger partial charge is 0.462 e. The molecule has 11 nitrogen and oxygen atoms in total. The van der Waals surface area contributed by atoms with Crippen LogP contribution in [0.4, 0.5) is 4.39 Å². The topological polar surface area (TPSA) is 140 Å². The lowest BCUT2D eigenvalue weighted by atomic mass is 9.98. The number of hydrogen-bond donors (Lipinski definition) is 2. The van der Waals surface area contributed by atoms with Gasteiger partial charge in [-0.2, -0.15) is 0 Å². The average Bonchev–Trinajstić information content (AvgIpc) is 2.85. The molecule has 0 aliphatic carbocycles. The van der Waals surface area contributed by atoms with Crippen molar-refractivity contribution >= 4 is 14.6 Å². The molecule has 0 amide bonds. The number of nitrogens with zero attached hydrogens (tertiary/aromatic N) is 2. The summed E-state index contributed by atoms with van der Waals surface area (Å²) in [7, 11) is -1.18. The Morgan fingerprint density at radius 1 is 1.48 bits per heavy atom. The summed E-state index contributed by atoms with van der Waals surface area (Å²) in [6.07, 6.45) is -3.83. The standard InChI is InChI=1S/C16H23FN3O8P/c1-8(2)27-13(23)9(3)20(29-25)26-7-10-12(22)16(4,17)14(28-10)19-6-5-11(21)18-15(19)24/h5-6,8-10,12,14,22H,7H2,1-4H3,(H,18,21,24)/p+1/t9?,10-,12-,14-,16-/m1/s1. The normalized spacial score (nSPS) is 28.2. The molecule has 6 atom stereocenters. The number of alkyl halides is 1. The Bertz CT molecular complexity index is 857. The van der Waals surface area contributed by atoms with Gasteiger partial charge in [0.05, 0.1) is 6.10 Å². The summed E-state index contributed by atoms with van der Waals surface area (Å²) in [5, 5.41) is 10.3. The fourth-order valence-corrected chi connectivity index (χ4v) is 3.15. The van der Waals surface area contributed by atoms with Gasteiger partial charge >= 0.3 is 20.3 Å². The number of halogens is 1. The molecule has 1 aromatic heterocycles. The fraction of sp³-hybridized carbons (Fsp3) is 0.688. The van der Waals surface area contributed by atoms with Gasteiger partial charge in [0.25, 0.3) is 5.56 Å². The van der Waals surface area contributed by atoms with E-state index in [9.17, 15) is 24.1 Å². The van der Waals surface area contributed by atoms with Crippen LogP contribution in [-0.4, -0.2) is 62.1 Å². The molecule has 2 heterocycles. The van der Waals surface area contributed by atoms with Crippen LogP contribution in [0.5, 0.6) is 0 Å². The molecule has 162 valence electrons. The van der Waals surface area contributed by atoms with Crippen molar-refractivity contribution in [1.82, 2.24) is 14.4 Å². The van der Waals surface area contributed by atoms with E-state index < -0.39 is 62.6 Å².